The zero-order valence-electron chi connectivity index (χ0n) is 18.1. The van der Waals surface area contributed by atoms with Crippen LogP contribution in [0.15, 0.2) is 47.4 Å². The zero-order chi connectivity index (χ0) is 22.3. The van der Waals surface area contributed by atoms with Gasteiger partial charge in [-0.3, -0.25) is 4.79 Å². The Kier molecular flexibility index (Phi) is 8.25. The molecular weight excluding hydrogens is 404 g/mol. The van der Waals surface area contributed by atoms with Crippen molar-refractivity contribution in [2.75, 3.05) is 26.8 Å². The number of methoxy groups -OCH3 is 1. The number of amides is 1. The monoisotopic (exact) mass is 434 g/mol. The molecule has 8 heteroatoms. The van der Waals surface area contributed by atoms with E-state index in [-0.39, 0.29) is 23.5 Å². The molecule has 0 bridgehead atoms. The molecule has 0 aliphatic carbocycles. The molecule has 0 saturated carbocycles. The second-order valence-electron chi connectivity index (χ2n) is 6.84. The van der Waals surface area contributed by atoms with Crippen LogP contribution in [0.4, 0.5) is 0 Å². The molecule has 2 rings (SSSR count). The lowest BCUT2D eigenvalue weighted by Gasteiger charge is -2.19. The first-order valence-electron chi connectivity index (χ1n) is 9.90. The van der Waals surface area contributed by atoms with Crippen LogP contribution in [-0.4, -0.2) is 45.4 Å². The molecule has 2 aromatic rings. The number of nitrogens with one attached hydrogen (secondary N) is 1. The van der Waals surface area contributed by atoms with Gasteiger partial charge in [0.05, 0.1) is 18.0 Å². The molecular formula is C22H30N2O5S. The molecule has 0 radical (unpaired) electrons. The SMILES string of the molecule is CCN(CC)S(=O)(=O)c1ccc(OCC(=O)NC(C)c2ccccc2OC)c(C)c1. The van der Waals surface area contributed by atoms with Gasteiger partial charge in [-0.25, -0.2) is 8.42 Å². The molecule has 0 fully saturated rings. The maximum atomic E-state index is 12.6. The Bertz CT molecular complexity index is 971. The molecule has 0 aliphatic rings. The summed E-state index contributed by atoms with van der Waals surface area (Å²) in [6, 6.07) is 11.9. The Hall–Kier alpha value is -2.58. The number of carbonyl (C=O) groups excluding carboxylic acids is 1. The topological polar surface area (TPSA) is 84.9 Å². The van der Waals surface area contributed by atoms with E-state index in [0.29, 0.717) is 30.2 Å². The molecule has 1 unspecified atom stereocenters. The van der Waals surface area contributed by atoms with Gasteiger partial charge in [-0.15, -0.1) is 0 Å². The normalized spacial score (nSPS) is 12.5. The third-order valence-electron chi connectivity index (χ3n) is 4.83. The number of ether oxygens (including phenoxy) is 2. The Morgan fingerprint density at radius 1 is 1.10 bits per heavy atom. The van der Waals surface area contributed by atoms with Crippen molar-refractivity contribution < 1.29 is 22.7 Å². The molecule has 30 heavy (non-hydrogen) atoms. The van der Waals surface area contributed by atoms with Crippen LogP contribution < -0.4 is 14.8 Å². The highest BCUT2D eigenvalue weighted by molar-refractivity contribution is 7.89. The number of sulfonamides is 1. The van der Waals surface area contributed by atoms with Crippen molar-refractivity contribution in [3.05, 3.63) is 53.6 Å². The molecule has 1 amide bonds. The Morgan fingerprint density at radius 3 is 2.37 bits per heavy atom. The molecule has 0 saturated heterocycles. The van der Waals surface area contributed by atoms with E-state index in [2.05, 4.69) is 5.32 Å². The van der Waals surface area contributed by atoms with E-state index in [1.807, 2.05) is 31.2 Å². The van der Waals surface area contributed by atoms with Crippen molar-refractivity contribution in [2.24, 2.45) is 0 Å². The quantitative estimate of drug-likeness (QED) is 0.620. The first-order valence-corrected chi connectivity index (χ1v) is 11.3. The first-order chi connectivity index (χ1) is 14.2. The van der Waals surface area contributed by atoms with E-state index in [1.54, 1.807) is 40.0 Å². The van der Waals surface area contributed by atoms with Crippen LogP contribution in [0.1, 0.15) is 37.9 Å². The van der Waals surface area contributed by atoms with Crippen LogP contribution in [0.3, 0.4) is 0 Å². The molecule has 1 atom stereocenters. The summed E-state index contributed by atoms with van der Waals surface area (Å²) >= 11 is 0. The molecule has 0 spiro atoms. The predicted molar refractivity (Wildman–Crippen MR) is 116 cm³/mol. The van der Waals surface area contributed by atoms with Gasteiger partial charge in [0.25, 0.3) is 5.91 Å². The number of hydrogen-bond acceptors (Lipinski definition) is 5. The molecule has 7 nitrogen and oxygen atoms in total. The average Bonchev–Trinajstić information content (AvgIpc) is 2.73. The van der Waals surface area contributed by atoms with E-state index >= 15 is 0 Å². The lowest BCUT2D eigenvalue weighted by molar-refractivity contribution is -0.123. The molecule has 0 aromatic heterocycles. The summed E-state index contributed by atoms with van der Waals surface area (Å²) in [7, 11) is -1.95. The summed E-state index contributed by atoms with van der Waals surface area (Å²) in [4.78, 5) is 12.5. The van der Waals surface area contributed by atoms with Crippen molar-refractivity contribution in [3.8, 4) is 11.5 Å². The highest BCUT2D eigenvalue weighted by Gasteiger charge is 2.22. The van der Waals surface area contributed by atoms with Crippen molar-refractivity contribution in [3.63, 3.8) is 0 Å². The van der Waals surface area contributed by atoms with E-state index in [0.717, 1.165) is 5.56 Å². The van der Waals surface area contributed by atoms with Crippen LogP contribution in [0.2, 0.25) is 0 Å². The summed E-state index contributed by atoms with van der Waals surface area (Å²) in [5, 5.41) is 2.88. The highest BCUT2D eigenvalue weighted by Crippen LogP contribution is 2.25. The van der Waals surface area contributed by atoms with Crippen LogP contribution >= 0.6 is 0 Å². The third kappa shape index (κ3) is 5.52. The summed E-state index contributed by atoms with van der Waals surface area (Å²) in [5.41, 5.74) is 1.52. The van der Waals surface area contributed by atoms with Crippen LogP contribution in [0.25, 0.3) is 0 Å². The minimum atomic E-state index is -3.54. The Morgan fingerprint density at radius 2 is 1.77 bits per heavy atom. The van der Waals surface area contributed by atoms with Gasteiger partial charge in [-0.2, -0.15) is 4.31 Å². The van der Waals surface area contributed by atoms with E-state index in [4.69, 9.17) is 9.47 Å². The maximum absolute atomic E-state index is 12.6. The number of hydrogen-bond donors (Lipinski definition) is 1. The van der Waals surface area contributed by atoms with Crippen molar-refractivity contribution in [1.29, 1.82) is 0 Å². The summed E-state index contributed by atoms with van der Waals surface area (Å²) in [6.07, 6.45) is 0. The fourth-order valence-corrected chi connectivity index (χ4v) is 4.73. The minimum absolute atomic E-state index is 0.178. The number of rotatable bonds is 10. The van der Waals surface area contributed by atoms with Crippen LogP contribution in [-0.2, 0) is 14.8 Å². The highest BCUT2D eigenvalue weighted by atomic mass is 32.2. The number of carbonyl (C=O) groups is 1. The minimum Gasteiger partial charge on any atom is -0.496 e. The second kappa shape index (κ2) is 10.4. The lowest BCUT2D eigenvalue weighted by Crippen LogP contribution is -2.31. The van der Waals surface area contributed by atoms with Gasteiger partial charge < -0.3 is 14.8 Å². The van der Waals surface area contributed by atoms with Gasteiger partial charge >= 0.3 is 0 Å². The van der Waals surface area contributed by atoms with E-state index in [1.165, 1.54) is 10.4 Å². The largest absolute Gasteiger partial charge is 0.496 e. The van der Waals surface area contributed by atoms with Gasteiger partial charge in [0.1, 0.15) is 11.5 Å². The molecule has 164 valence electrons. The van der Waals surface area contributed by atoms with Crippen molar-refractivity contribution in [1.82, 2.24) is 9.62 Å². The fraction of sp³-hybridized carbons (Fsp3) is 0.409. The van der Waals surface area contributed by atoms with Crippen LogP contribution in [0, 0.1) is 6.92 Å². The maximum Gasteiger partial charge on any atom is 0.258 e. The molecule has 2 aromatic carbocycles. The van der Waals surface area contributed by atoms with Gasteiger partial charge in [-0.05, 0) is 43.7 Å². The van der Waals surface area contributed by atoms with Crippen LogP contribution in [0.5, 0.6) is 11.5 Å². The summed E-state index contributed by atoms with van der Waals surface area (Å²) < 4.78 is 37.6. The molecule has 0 aliphatic heterocycles. The predicted octanol–water partition coefficient (Wildman–Crippen LogP) is 3.29. The second-order valence-corrected chi connectivity index (χ2v) is 8.77. The van der Waals surface area contributed by atoms with E-state index in [9.17, 15) is 13.2 Å². The van der Waals surface area contributed by atoms with Gasteiger partial charge in [0.15, 0.2) is 6.61 Å². The fourth-order valence-electron chi connectivity index (χ4n) is 3.19. The van der Waals surface area contributed by atoms with Gasteiger partial charge in [-0.1, -0.05) is 32.0 Å². The van der Waals surface area contributed by atoms with Gasteiger partial charge in [0, 0.05) is 18.7 Å². The Labute approximate surface area is 179 Å². The van der Waals surface area contributed by atoms with Crippen molar-refractivity contribution in [2.45, 2.75) is 38.6 Å². The zero-order valence-corrected chi connectivity index (χ0v) is 19.0. The van der Waals surface area contributed by atoms with Gasteiger partial charge in [0.2, 0.25) is 10.0 Å². The number of para-hydroxylation sites is 1. The smallest absolute Gasteiger partial charge is 0.258 e. The average molecular weight is 435 g/mol. The number of nitrogens with zero attached hydrogens (tertiary/aromatic N) is 1. The van der Waals surface area contributed by atoms with Crippen molar-refractivity contribution >= 4 is 15.9 Å². The first kappa shape index (κ1) is 23.7. The summed E-state index contributed by atoms with van der Waals surface area (Å²) in [6.45, 7) is 7.86. The molecule has 1 N–H and O–H groups in total. The number of benzene rings is 2. The standard InChI is InChI=1S/C22H30N2O5S/c1-6-24(7-2)30(26,27)18-12-13-20(16(3)14-18)29-15-22(25)23-17(4)19-10-8-9-11-21(19)28-5/h8-14,17H,6-7,15H2,1-5H3,(H,23,25). The Balaban J connectivity index is 2.03. The molecule has 0 heterocycles. The van der Waals surface area contributed by atoms with E-state index < -0.39 is 10.0 Å². The summed E-state index contributed by atoms with van der Waals surface area (Å²) in [5.74, 6) is 0.883. The third-order valence-corrected chi connectivity index (χ3v) is 6.88. The lowest BCUT2D eigenvalue weighted by atomic mass is 10.1. The number of aryl methyl sites for hydroxylation is 1.